The molecule has 5 nitrogen and oxygen atoms in total. The average Bonchev–Trinajstić information content (AvgIpc) is 2.93. The van der Waals surface area contributed by atoms with Gasteiger partial charge in [0.2, 0.25) is 6.79 Å². The fourth-order valence-corrected chi connectivity index (χ4v) is 3.08. The van der Waals surface area contributed by atoms with Crippen molar-refractivity contribution in [3.8, 4) is 11.5 Å². The van der Waals surface area contributed by atoms with Gasteiger partial charge in [-0.05, 0) is 38.0 Å². The van der Waals surface area contributed by atoms with Crippen LogP contribution in [-0.2, 0) is 0 Å². The van der Waals surface area contributed by atoms with Crippen LogP contribution in [0.5, 0.6) is 11.5 Å². The summed E-state index contributed by atoms with van der Waals surface area (Å²) in [6.07, 6.45) is 1.47. The minimum atomic E-state index is -0.680. The number of amides is 1. The molecule has 114 valence electrons. The molecule has 2 aliphatic rings. The number of nitrogens with zero attached hydrogens (tertiary/aromatic N) is 1. The van der Waals surface area contributed by atoms with Crippen molar-refractivity contribution in [2.45, 2.75) is 32.3 Å². The maximum atomic E-state index is 12.6. The van der Waals surface area contributed by atoms with Crippen molar-refractivity contribution in [1.29, 1.82) is 0 Å². The number of ether oxygens (including phenoxy) is 2. The SMILES string of the molecule is CC[C@H]1CN(C(=O)c2ccc3c(c2)OCO3)CC[C@@]1(C)O. The normalized spacial score (nSPS) is 27.8. The van der Waals surface area contributed by atoms with Crippen LogP contribution in [0.25, 0.3) is 0 Å². The molecule has 0 unspecified atom stereocenters. The van der Waals surface area contributed by atoms with E-state index in [1.807, 2.05) is 18.7 Å². The van der Waals surface area contributed by atoms with E-state index in [0.29, 0.717) is 36.6 Å². The Morgan fingerprint density at radius 1 is 1.43 bits per heavy atom. The highest BCUT2D eigenvalue weighted by molar-refractivity contribution is 5.95. The highest BCUT2D eigenvalue weighted by atomic mass is 16.7. The molecule has 21 heavy (non-hydrogen) atoms. The molecule has 0 saturated carbocycles. The first-order chi connectivity index (χ1) is 10.0. The number of carbonyl (C=O) groups excluding carboxylic acids is 1. The maximum absolute atomic E-state index is 12.6. The van der Waals surface area contributed by atoms with Crippen molar-refractivity contribution in [3.63, 3.8) is 0 Å². The monoisotopic (exact) mass is 291 g/mol. The fourth-order valence-electron chi connectivity index (χ4n) is 3.08. The van der Waals surface area contributed by atoms with E-state index in [-0.39, 0.29) is 18.6 Å². The van der Waals surface area contributed by atoms with E-state index in [9.17, 15) is 9.90 Å². The van der Waals surface area contributed by atoms with Crippen LogP contribution in [0.2, 0.25) is 0 Å². The summed E-state index contributed by atoms with van der Waals surface area (Å²) in [5, 5.41) is 10.4. The summed E-state index contributed by atoms with van der Waals surface area (Å²) in [4.78, 5) is 14.4. The molecule has 5 heteroatoms. The van der Waals surface area contributed by atoms with Gasteiger partial charge in [0.05, 0.1) is 5.60 Å². The Bertz CT molecular complexity index is 555. The predicted octanol–water partition coefficient (Wildman–Crippen LogP) is 2.04. The summed E-state index contributed by atoms with van der Waals surface area (Å²) in [7, 11) is 0. The van der Waals surface area contributed by atoms with E-state index < -0.39 is 5.60 Å². The van der Waals surface area contributed by atoms with Gasteiger partial charge < -0.3 is 19.5 Å². The van der Waals surface area contributed by atoms with Gasteiger partial charge >= 0.3 is 0 Å². The lowest BCUT2D eigenvalue weighted by Gasteiger charge is -2.42. The number of piperidine rings is 1. The van der Waals surface area contributed by atoms with Crippen LogP contribution in [0.4, 0.5) is 0 Å². The summed E-state index contributed by atoms with van der Waals surface area (Å²) < 4.78 is 10.6. The predicted molar refractivity (Wildman–Crippen MR) is 77.5 cm³/mol. The van der Waals surface area contributed by atoms with E-state index in [2.05, 4.69) is 0 Å². The number of benzene rings is 1. The minimum Gasteiger partial charge on any atom is -0.454 e. The molecule has 1 fully saturated rings. The first-order valence-corrected chi connectivity index (χ1v) is 7.42. The van der Waals surface area contributed by atoms with Crippen LogP contribution in [0, 0.1) is 5.92 Å². The number of carbonyl (C=O) groups is 1. The molecular formula is C16H21NO4. The molecule has 0 bridgehead atoms. The number of aliphatic hydroxyl groups is 1. The first kappa shape index (κ1) is 14.2. The smallest absolute Gasteiger partial charge is 0.254 e. The maximum Gasteiger partial charge on any atom is 0.254 e. The molecule has 1 aromatic carbocycles. The van der Waals surface area contributed by atoms with Crippen molar-refractivity contribution >= 4 is 5.91 Å². The Kier molecular flexibility index (Phi) is 3.53. The third kappa shape index (κ3) is 2.58. The van der Waals surface area contributed by atoms with Gasteiger partial charge in [0.15, 0.2) is 11.5 Å². The zero-order chi connectivity index (χ0) is 15.0. The Morgan fingerprint density at radius 3 is 2.95 bits per heavy atom. The molecule has 3 rings (SSSR count). The number of likely N-dealkylation sites (tertiary alicyclic amines) is 1. The fraction of sp³-hybridized carbons (Fsp3) is 0.562. The van der Waals surface area contributed by atoms with Crippen molar-refractivity contribution < 1.29 is 19.4 Å². The second kappa shape index (κ2) is 5.22. The van der Waals surface area contributed by atoms with Crippen LogP contribution in [0.1, 0.15) is 37.0 Å². The average molecular weight is 291 g/mol. The molecule has 0 radical (unpaired) electrons. The molecule has 0 aliphatic carbocycles. The van der Waals surface area contributed by atoms with Crippen molar-refractivity contribution in [2.24, 2.45) is 5.92 Å². The van der Waals surface area contributed by atoms with Gasteiger partial charge in [-0.25, -0.2) is 0 Å². The summed E-state index contributed by atoms with van der Waals surface area (Å²) in [5.41, 5.74) is -0.0731. The Labute approximate surface area is 124 Å². The van der Waals surface area contributed by atoms with Gasteiger partial charge in [-0.3, -0.25) is 4.79 Å². The molecule has 1 saturated heterocycles. The minimum absolute atomic E-state index is 0.0118. The zero-order valence-electron chi connectivity index (χ0n) is 12.5. The van der Waals surface area contributed by atoms with E-state index in [1.165, 1.54) is 0 Å². The molecule has 2 aliphatic heterocycles. The molecule has 1 aromatic rings. The second-order valence-electron chi connectivity index (χ2n) is 6.03. The summed E-state index contributed by atoms with van der Waals surface area (Å²) in [5.74, 6) is 1.41. The highest BCUT2D eigenvalue weighted by Gasteiger charge is 2.38. The molecule has 0 spiro atoms. The topological polar surface area (TPSA) is 59.0 Å². The Hall–Kier alpha value is -1.75. The lowest BCUT2D eigenvalue weighted by atomic mass is 9.81. The third-order valence-electron chi connectivity index (χ3n) is 4.61. The quantitative estimate of drug-likeness (QED) is 0.906. The molecule has 2 heterocycles. The van der Waals surface area contributed by atoms with Crippen molar-refractivity contribution in [2.75, 3.05) is 19.9 Å². The molecule has 2 atom stereocenters. The van der Waals surface area contributed by atoms with Crippen molar-refractivity contribution in [1.82, 2.24) is 4.90 Å². The van der Waals surface area contributed by atoms with Crippen LogP contribution >= 0.6 is 0 Å². The Morgan fingerprint density at radius 2 is 2.19 bits per heavy atom. The van der Waals surface area contributed by atoms with Gasteiger partial charge in [0.1, 0.15) is 0 Å². The molecule has 1 amide bonds. The van der Waals surface area contributed by atoms with Gasteiger partial charge in [0.25, 0.3) is 5.91 Å². The van der Waals surface area contributed by atoms with Crippen LogP contribution < -0.4 is 9.47 Å². The van der Waals surface area contributed by atoms with Crippen LogP contribution in [0.3, 0.4) is 0 Å². The third-order valence-corrected chi connectivity index (χ3v) is 4.61. The van der Waals surface area contributed by atoms with Gasteiger partial charge in [-0.2, -0.15) is 0 Å². The summed E-state index contributed by atoms with van der Waals surface area (Å²) in [6.45, 7) is 5.29. The van der Waals surface area contributed by atoms with E-state index in [1.54, 1.807) is 18.2 Å². The van der Waals surface area contributed by atoms with Gasteiger partial charge in [-0.15, -0.1) is 0 Å². The number of hydrogen-bond donors (Lipinski definition) is 1. The standard InChI is InChI=1S/C16H21NO4/c1-3-12-9-17(7-6-16(12,2)19)15(18)11-4-5-13-14(8-11)21-10-20-13/h4-5,8,12,19H,3,6-7,9-10H2,1-2H3/t12-,16+/m0/s1. The van der Waals surface area contributed by atoms with E-state index >= 15 is 0 Å². The molecular weight excluding hydrogens is 270 g/mol. The lowest BCUT2D eigenvalue weighted by molar-refractivity contribution is -0.0521. The second-order valence-corrected chi connectivity index (χ2v) is 6.03. The number of hydrogen-bond acceptors (Lipinski definition) is 4. The zero-order valence-corrected chi connectivity index (χ0v) is 12.5. The summed E-state index contributed by atoms with van der Waals surface area (Å²) >= 11 is 0. The lowest BCUT2D eigenvalue weighted by Crippen LogP contribution is -2.51. The van der Waals surface area contributed by atoms with E-state index in [4.69, 9.17) is 9.47 Å². The van der Waals surface area contributed by atoms with Crippen molar-refractivity contribution in [3.05, 3.63) is 23.8 Å². The van der Waals surface area contributed by atoms with Gasteiger partial charge in [0, 0.05) is 24.6 Å². The van der Waals surface area contributed by atoms with E-state index in [0.717, 1.165) is 6.42 Å². The van der Waals surface area contributed by atoms with Crippen LogP contribution in [-0.4, -0.2) is 41.4 Å². The highest BCUT2D eigenvalue weighted by Crippen LogP contribution is 2.34. The summed E-state index contributed by atoms with van der Waals surface area (Å²) in [6, 6.07) is 5.27. The number of fused-ring (bicyclic) bond motifs is 1. The molecule has 0 aromatic heterocycles. The van der Waals surface area contributed by atoms with Gasteiger partial charge in [-0.1, -0.05) is 6.92 Å². The van der Waals surface area contributed by atoms with Crippen LogP contribution in [0.15, 0.2) is 18.2 Å². The first-order valence-electron chi connectivity index (χ1n) is 7.42. The Balaban J connectivity index is 1.76. The molecule has 1 N–H and O–H groups in total. The number of rotatable bonds is 2. The largest absolute Gasteiger partial charge is 0.454 e.